The minimum absolute atomic E-state index is 0.00164. The number of nitrogens with one attached hydrogen (secondary N) is 1. The molecule has 0 amide bonds. The molecule has 2 aliphatic rings. The number of hydrogen-bond donors (Lipinski definition) is 2. The third-order valence-corrected chi connectivity index (χ3v) is 4.29. The summed E-state index contributed by atoms with van der Waals surface area (Å²) < 4.78 is 5.80. The molecule has 1 fully saturated rings. The molecular weight excluding hydrogens is 226 g/mol. The van der Waals surface area contributed by atoms with E-state index in [0.29, 0.717) is 0 Å². The average Bonchev–Trinajstić information content (AvgIpc) is 2.41. The molecule has 104 valence electrons. The zero-order valence-electron chi connectivity index (χ0n) is 11.7. The predicted molar refractivity (Wildman–Crippen MR) is 73.9 cm³/mol. The van der Waals surface area contributed by atoms with Gasteiger partial charge in [-0.15, -0.1) is 0 Å². The summed E-state index contributed by atoms with van der Waals surface area (Å²) >= 11 is 0. The van der Waals surface area contributed by atoms with E-state index in [-0.39, 0.29) is 11.6 Å². The highest BCUT2D eigenvalue weighted by atomic mass is 16.5. The van der Waals surface area contributed by atoms with Gasteiger partial charge in [0.15, 0.2) is 0 Å². The molecule has 0 aromatic carbocycles. The van der Waals surface area contributed by atoms with Crippen LogP contribution in [0.3, 0.4) is 0 Å². The zero-order chi connectivity index (χ0) is 13.0. The van der Waals surface area contributed by atoms with Crippen molar-refractivity contribution in [3.05, 3.63) is 11.8 Å². The number of nitrogens with zero attached hydrogens (tertiary/aromatic N) is 1. The minimum atomic E-state index is -0.00164. The normalized spacial score (nSPS) is 24.3. The first-order valence-electron chi connectivity index (χ1n) is 7.20. The molecule has 0 aromatic rings. The van der Waals surface area contributed by atoms with Gasteiger partial charge in [-0.3, -0.25) is 10.7 Å². The maximum absolute atomic E-state index is 5.80. The summed E-state index contributed by atoms with van der Waals surface area (Å²) in [5, 5.41) is 0. The lowest BCUT2D eigenvalue weighted by molar-refractivity contribution is 0.0438. The summed E-state index contributed by atoms with van der Waals surface area (Å²) in [5.74, 6) is 6.83. The van der Waals surface area contributed by atoms with Gasteiger partial charge in [0.1, 0.15) is 5.76 Å². The topological polar surface area (TPSA) is 50.5 Å². The van der Waals surface area contributed by atoms with Crippen molar-refractivity contribution in [2.45, 2.75) is 57.5 Å². The highest BCUT2D eigenvalue weighted by Crippen LogP contribution is 2.29. The molecule has 3 N–H and O–H groups in total. The van der Waals surface area contributed by atoms with Gasteiger partial charge in [0.2, 0.25) is 0 Å². The Labute approximate surface area is 111 Å². The first-order valence-corrected chi connectivity index (χ1v) is 7.20. The molecule has 0 bridgehead atoms. The predicted octanol–water partition coefficient (Wildman–Crippen LogP) is 1.78. The van der Waals surface area contributed by atoms with E-state index >= 15 is 0 Å². The molecule has 18 heavy (non-hydrogen) atoms. The van der Waals surface area contributed by atoms with E-state index in [1.165, 1.54) is 32.4 Å². The van der Waals surface area contributed by atoms with Crippen LogP contribution in [0.4, 0.5) is 0 Å². The minimum Gasteiger partial charge on any atom is -0.496 e. The molecule has 2 heterocycles. The zero-order valence-corrected chi connectivity index (χ0v) is 11.7. The molecule has 0 aliphatic carbocycles. The fraction of sp³-hybridized carbons (Fsp3) is 0.857. The van der Waals surface area contributed by atoms with Crippen molar-refractivity contribution in [2.24, 2.45) is 5.84 Å². The van der Waals surface area contributed by atoms with Crippen LogP contribution in [-0.4, -0.2) is 36.2 Å². The largest absolute Gasteiger partial charge is 0.496 e. The van der Waals surface area contributed by atoms with Crippen LogP contribution in [-0.2, 0) is 4.74 Å². The molecule has 1 saturated heterocycles. The van der Waals surface area contributed by atoms with Crippen LogP contribution < -0.4 is 11.3 Å². The van der Waals surface area contributed by atoms with Crippen LogP contribution in [0.15, 0.2) is 11.8 Å². The Balaban J connectivity index is 2.11. The Bertz CT molecular complexity index is 295. The second-order valence-corrected chi connectivity index (χ2v) is 5.90. The molecule has 2 rings (SSSR count). The Morgan fingerprint density at radius 1 is 1.28 bits per heavy atom. The van der Waals surface area contributed by atoms with E-state index in [4.69, 9.17) is 10.6 Å². The van der Waals surface area contributed by atoms with Gasteiger partial charge in [-0.1, -0.05) is 6.42 Å². The van der Waals surface area contributed by atoms with Gasteiger partial charge in [-0.2, -0.15) is 0 Å². The molecule has 1 unspecified atom stereocenters. The highest BCUT2D eigenvalue weighted by molar-refractivity contribution is 5.13. The molecule has 4 nitrogen and oxygen atoms in total. The highest BCUT2D eigenvalue weighted by Gasteiger charge is 2.38. The van der Waals surface area contributed by atoms with Gasteiger partial charge in [-0.25, -0.2) is 5.43 Å². The number of nitrogens with two attached hydrogens (primary N) is 1. The van der Waals surface area contributed by atoms with Gasteiger partial charge in [0.05, 0.1) is 12.6 Å². The summed E-state index contributed by atoms with van der Waals surface area (Å²) in [7, 11) is 0. The van der Waals surface area contributed by atoms with Crippen LogP contribution in [0.25, 0.3) is 0 Å². The molecule has 0 spiro atoms. The number of rotatable bonds is 4. The summed E-state index contributed by atoms with van der Waals surface area (Å²) in [4.78, 5) is 2.54. The monoisotopic (exact) mass is 253 g/mol. The van der Waals surface area contributed by atoms with E-state index in [1.54, 1.807) is 0 Å². The number of allylic oxidation sites excluding steroid dienone is 1. The molecule has 0 aromatic heterocycles. The number of likely N-dealkylation sites (tertiary alicyclic amines) is 1. The first kappa shape index (κ1) is 13.8. The number of hydrogen-bond acceptors (Lipinski definition) is 4. The van der Waals surface area contributed by atoms with Crippen molar-refractivity contribution >= 4 is 0 Å². The second-order valence-electron chi connectivity index (χ2n) is 5.90. The number of ether oxygens (including phenoxy) is 1. The van der Waals surface area contributed by atoms with Crippen molar-refractivity contribution in [3.8, 4) is 0 Å². The van der Waals surface area contributed by atoms with Crippen molar-refractivity contribution in [2.75, 3.05) is 19.7 Å². The Morgan fingerprint density at radius 2 is 2.00 bits per heavy atom. The summed E-state index contributed by atoms with van der Waals surface area (Å²) in [6.45, 7) is 7.68. The fourth-order valence-electron chi connectivity index (χ4n) is 3.06. The fourth-order valence-corrected chi connectivity index (χ4v) is 3.06. The van der Waals surface area contributed by atoms with Gasteiger partial charge >= 0.3 is 0 Å². The van der Waals surface area contributed by atoms with E-state index in [1.807, 2.05) is 0 Å². The smallest absolute Gasteiger partial charge is 0.112 e. The van der Waals surface area contributed by atoms with Gasteiger partial charge in [0, 0.05) is 5.54 Å². The van der Waals surface area contributed by atoms with Crippen molar-refractivity contribution in [1.29, 1.82) is 0 Å². The lowest BCUT2D eigenvalue weighted by Gasteiger charge is -2.46. The van der Waals surface area contributed by atoms with Crippen molar-refractivity contribution < 1.29 is 4.74 Å². The molecule has 2 aliphatic heterocycles. The lowest BCUT2D eigenvalue weighted by Crippen LogP contribution is -2.61. The van der Waals surface area contributed by atoms with E-state index in [9.17, 15) is 0 Å². The Morgan fingerprint density at radius 3 is 2.56 bits per heavy atom. The quantitative estimate of drug-likeness (QED) is 0.592. The lowest BCUT2D eigenvalue weighted by atomic mass is 9.88. The average molecular weight is 253 g/mol. The first-order chi connectivity index (χ1) is 8.66. The van der Waals surface area contributed by atoms with Crippen molar-refractivity contribution in [3.63, 3.8) is 0 Å². The molecule has 4 heteroatoms. The van der Waals surface area contributed by atoms with Crippen LogP contribution in [0.1, 0.15) is 46.0 Å². The van der Waals surface area contributed by atoms with E-state index < -0.39 is 0 Å². The third kappa shape index (κ3) is 2.87. The molecule has 0 saturated carbocycles. The van der Waals surface area contributed by atoms with Gasteiger partial charge < -0.3 is 4.74 Å². The van der Waals surface area contributed by atoms with Crippen LogP contribution in [0, 0.1) is 0 Å². The SMILES string of the molecule is CC(C)(C(NN)C1=CCCCO1)N1CCCCC1. The summed E-state index contributed by atoms with van der Waals surface area (Å²) in [6, 6.07) is 0.0795. The van der Waals surface area contributed by atoms with E-state index in [2.05, 4.69) is 30.2 Å². The summed E-state index contributed by atoms with van der Waals surface area (Å²) in [6.07, 6.45) is 8.35. The molecule has 0 radical (unpaired) electrons. The number of piperidine rings is 1. The van der Waals surface area contributed by atoms with Crippen LogP contribution in [0.2, 0.25) is 0 Å². The third-order valence-electron chi connectivity index (χ3n) is 4.29. The van der Waals surface area contributed by atoms with Crippen LogP contribution in [0.5, 0.6) is 0 Å². The summed E-state index contributed by atoms with van der Waals surface area (Å²) in [5.41, 5.74) is 2.97. The van der Waals surface area contributed by atoms with E-state index in [0.717, 1.165) is 25.2 Å². The Hall–Kier alpha value is -0.580. The maximum Gasteiger partial charge on any atom is 0.112 e. The maximum atomic E-state index is 5.80. The molecular formula is C14H27N3O. The van der Waals surface area contributed by atoms with Gasteiger partial charge in [0.25, 0.3) is 0 Å². The second kappa shape index (κ2) is 6.04. The standard InChI is InChI=1S/C14H27N3O/c1-14(2,17-9-5-3-6-10-17)13(16-15)12-8-4-7-11-18-12/h8,13,16H,3-7,9-11,15H2,1-2H3. The van der Waals surface area contributed by atoms with Crippen LogP contribution >= 0.6 is 0 Å². The molecule has 1 atom stereocenters. The Kier molecular flexibility index (Phi) is 4.65. The van der Waals surface area contributed by atoms with Crippen molar-refractivity contribution in [1.82, 2.24) is 10.3 Å². The number of hydrazine groups is 1. The van der Waals surface area contributed by atoms with Gasteiger partial charge in [-0.05, 0) is 58.7 Å².